The first kappa shape index (κ1) is 14.7. The molecule has 1 fully saturated rings. The van der Waals surface area contributed by atoms with Gasteiger partial charge in [0.1, 0.15) is 5.78 Å². The van der Waals surface area contributed by atoms with Crippen LogP contribution >= 0.6 is 0 Å². The minimum Gasteiger partial charge on any atom is -0.300 e. The Morgan fingerprint density at radius 2 is 1.73 bits per heavy atom. The Balaban J connectivity index is 1.94. The second kappa shape index (κ2) is 5.88. The number of ketones is 2. The number of carbonyl (C=O) groups excluding carboxylic acids is 2. The second-order valence-corrected chi connectivity index (χ2v) is 6.35. The van der Waals surface area contributed by atoms with Crippen LogP contribution in [0.2, 0.25) is 0 Å². The first-order valence-corrected chi connectivity index (χ1v) is 7.76. The Labute approximate surface area is 131 Å². The van der Waals surface area contributed by atoms with E-state index in [0.717, 1.165) is 16.7 Å². The molecule has 0 heterocycles. The van der Waals surface area contributed by atoms with E-state index in [4.69, 9.17) is 0 Å². The van der Waals surface area contributed by atoms with Crippen LogP contribution in [-0.2, 0) is 11.2 Å². The number of benzene rings is 2. The van der Waals surface area contributed by atoms with Crippen molar-refractivity contribution in [2.75, 3.05) is 0 Å². The van der Waals surface area contributed by atoms with Crippen LogP contribution in [-0.4, -0.2) is 11.6 Å². The van der Waals surface area contributed by atoms with Crippen LogP contribution in [0.4, 0.5) is 0 Å². The Kier molecular flexibility index (Phi) is 3.93. The average Bonchev–Trinajstić information content (AvgIpc) is 2.90. The highest BCUT2D eigenvalue weighted by Gasteiger charge is 2.44. The molecule has 1 saturated carbocycles. The van der Waals surface area contributed by atoms with E-state index in [0.29, 0.717) is 25.7 Å². The molecule has 2 aromatic carbocycles. The van der Waals surface area contributed by atoms with Gasteiger partial charge in [-0.2, -0.15) is 0 Å². The van der Waals surface area contributed by atoms with E-state index < -0.39 is 5.41 Å². The summed E-state index contributed by atoms with van der Waals surface area (Å²) in [6.07, 6.45) is 2.19. The van der Waals surface area contributed by atoms with Crippen molar-refractivity contribution in [3.8, 4) is 0 Å². The standard InChI is InChI=1S/C20H20O2/c1-15-7-9-17(10-8-15)19(22)20(12-11-18(21)14-20)13-16-5-3-2-4-6-16/h2-10H,11-14H2,1H3. The third-order valence-electron chi connectivity index (χ3n) is 4.60. The molecule has 112 valence electrons. The van der Waals surface area contributed by atoms with E-state index >= 15 is 0 Å². The summed E-state index contributed by atoms with van der Waals surface area (Å²) in [7, 11) is 0. The van der Waals surface area contributed by atoms with Crippen LogP contribution in [0.3, 0.4) is 0 Å². The molecule has 2 nitrogen and oxygen atoms in total. The lowest BCUT2D eigenvalue weighted by Crippen LogP contribution is -2.31. The first-order chi connectivity index (χ1) is 10.6. The van der Waals surface area contributed by atoms with Crippen molar-refractivity contribution in [1.82, 2.24) is 0 Å². The Bertz CT molecular complexity index is 685. The van der Waals surface area contributed by atoms with Gasteiger partial charge in [0.15, 0.2) is 5.78 Å². The van der Waals surface area contributed by atoms with Gasteiger partial charge < -0.3 is 0 Å². The summed E-state index contributed by atoms with van der Waals surface area (Å²) in [5.74, 6) is 0.318. The fraction of sp³-hybridized carbons (Fsp3) is 0.300. The molecule has 1 unspecified atom stereocenters. The minimum atomic E-state index is -0.562. The van der Waals surface area contributed by atoms with Crippen molar-refractivity contribution >= 4 is 11.6 Å². The molecule has 2 heteroatoms. The molecule has 0 amide bonds. The highest BCUT2D eigenvalue weighted by atomic mass is 16.1. The highest BCUT2D eigenvalue weighted by Crippen LogP contribution is 2.42. The van der Waals surface area contributed by atoms with Gasteiger partial charge in [0.05, 0.1) is 0 Å². The van der Waals surface area contributed by atoms with E-state index in [1.54, 1.807) is 0 Å². The van der Waals surface area contributed by atoms with Crippen LogP contribution in [0.25, 0.3) is 0 Å². The zero-order chi connectivity index (χ0) is 15.6. The molecule has 3 rings (SSSR count). The molecule has 0 radical (unpaired) electrons. The van der Waals surface area contributed by atoms with E-state index in [-0.39, 0.29) is 11.6 Å². The largest absolute Gasteiger partial charge is 0.300 e. The smallest absolute Gasteiger partial charge is 0.169 e. The van der Waals surface area contributed by atoms with Crippen LogP contribution in [0.15, 0.2) is 54.6 Å². The van der Waals surface area contributed by atoms with Crippen molar-refractivity contribution in [3.05, 3.63) is 71.3 Å². The lowest BCUT2D eigenvalue weighted by atomic mass is 9.74. The highest BCUT2D eigenvalue weighted by molar-refractivity contribution is 6.04. The van der Waals surface area contributed by atoms with Gasteiger partial charge in [0.25, 0.3) is 0 Å². The Morgan fingerprint density at radius 1 is 1.05 bits per heavy atom. The summed E-state index contributed by atoms with van der Waals surface area (Å²) in [6.45, 7) is 2.01. The average molecular weight is 292 g/mol. The molecule has 22 heavy (non-hydrogen) atoms. The summed E-state index contributed by atoms with van der Waals surface area (Å²) in [5, 5.41) is 0. The summed E-state index contributed by atoms with van der Waals surface area (Å²) < 4.78 is 0. The number of hydrogen-bond donors (Lipinski definition) is 0. The molecule has 0 spiro atoms. The summed E-state index contributed by atoms with van der Waals surface area (Å²) in [4.78, 5) is 25.0. The van der Waals surface area contributed by atoms with Gasteiger partial charge in [-0.3, -0.25) is 9.59 Å². The third kappa shape index (κ3) is 2.87. The normalized spacial score (nSPS) is 21.0. The SMILES string of the molecule is Cc1ccc(C(=O)C2(Cc3ccccc3)CCC(=O)C2)cc1. The third-order valence-corrected chi connectivity index (χ3v) is 4.60. The van der Waals surface area contributed by atoms with Gasteiger partial charge in [-0.25, -0.2) is 0 Å². The molecule has 0 aromatic heterocycles. The van der Waals surface area contributed by atoms with Crippen molar-refractivity contribution < 1.29 is 9.59 Å². The maximum Gasteiger partial charge on any atom is 0.169 e. The van der Waals surface area contributed by atoms with Gasteiger partial charge in [0.2, 0.25) is 0 Å². The van der Waals surface area contributed by atoms with Gasteiger partial charge in [-0.1, -0.05) is 60.2 Å². The molecular weight excluding hydrogens is 272 g/mol. The van der Waals surface area contributed by atoms with Crippen LogP contribution < -0.4 is 0 Å². The van der Waals surface area contributed by atoms with Crippen LogP contribution in [0, 0.1) is 12.3 Å². The lowest BCUT2D eigenvalue weighted by Gasteiger charge is -2.27. The molecule has 1 atom stereocenters. The summed E-state index contributed by atoms with van der Waals surface area (Å²) in [5.41, 5.74) is 2.42. The molecule has 0 bridgehead atoms. The number of hydrogen-bond acceptors (Lipinski definition) is 2. The Morgan fingerprint density at radius 3 is 2.32 bits per heavy atom. The zero-order valence-corrected chi connectivity index (χ0v) is 12.8. The molecule has 0 aliphatic heterocycles. The number of carbonyl (C=O) groups is 2. The van der Waals surface area contributed by atoms with Crippen LogP contribution in [0.1, 0.15) is 40.7 Å². The topological polar surface area (TPSA) is 34.1 Å². The Hall–Kier alpha value is -2.22. The van der Waals surface area contributed by atoms with E-state index in [1.807, 2.05) is 61.5 Å². The predicted molar refractivity (Wildman–Crippen MR) is 86.9 cm³/mol. The van der Waals surface area contributed by atoms with Gasteiger partial charge in [0, 0.05) is 23.8 Å². The second-order valence-electron chi connectivity index (χ2n) is 6.35. The molecule has 2 aromatic rings. The number of rotatable bonds is 4. The molecule has 0 saturated heterocycles. The molecule has 1 aliphatic carbocycles. The fourth-order valence-electron chi connectivity index (χ4n) is 3.36. The van der Waals surface area contributed by atoms with Gasteiger partial charge >= 0.3 is 0 Å². The fourth-order valence-corrected chi connectivity index (χ4v) is 3.36. The van der Waals surface area contributed by atoms with Crippen LogP contribution in [0.5, 0.6) is 0 Å². The van der Waals surface area contributed by atoms with Gasteiger partial charge in [-0.05, 0) is 25.3 Å². The number of Topliss-reactive ketones (excluding diaryl/α,β-unsaturated/α-hetero) is 2. The summed E-state index contributed by atoms with van der Waals surface area (Å²) in [6, 6.07) is 17.7. The lowest BCUT2D eigenvalue weighted by molar-refractivity contribution is -0.117. The van der Waals surface area contributed by atoms with Crippen molar-refractivity contribution in [3.63, 3.8) is 0 Å². The monoisotopic (exact) mass is 292 g/mol. The molecular formula is C20H20O2. The number of aryl methyl sites for hydroxylation is 1. The van der Waals surface area contributed by atoms with E-state index in [9.17, 15) is 9.59 Å². The van der Waals surface area contributed by atoms with Crippen molar-refractivity contribution in [2.24, 2.45) is 5.41 Å². The van der Waals surface area contributed by atoms with Crippen molar-refractivity contribution in [1.29, 1.82) is 0 Å². The van der Waals surface area contributed by atoms with E-state index in [2.05, 4.69) is 0 Å². The molecule has 0 N–H and O–H groups in total. The predicted octanol–water partition coefficient (Wildman–Crippen LogP) is 4.16. The zero-order valence-electron chi connectivity index (χ0n) is 12.8. The maximum absolute atomic E-state index is 13.1. The summed E-state index contributed by atoms with van der Waals surface area (Å²) >= 11 is 0. The maximum atomic E-state index is 13.1. The van der Waals surface area contributed by atoms with E-state index in [1.165, 1.54) is 0 Å². The van der Waals surface area contributed by atoms with Crippen molar-refractivity contribution in [2.45, 2.75) is 32.6 Å². The first-order valence-electron chi connectivity index (χ1n) is 7.76. The quantitative estimate of drug-likeness (QED) is 0.793. The molecule has 1 aliphatic rings. The minimum absolute atomic E-state index is 0.113. The van der Waals surface area contributed by atoms with Gasteiger partial charge in [-0.15, -0.1) is 0 Å².